The molecule has 0 radical (unpaired) electrons. The first-order chi connectivity index (χ1) is 10.8. The molecule has 3 N–H and O–H groups in total. The summed E-state index contributed by atoms with van der Waals surface area (Å²) >= 11 is 5.39. The quantitative estimate of drug-likeness (QED) is 0.510. The molecule has 1 aromatic rings. The molecule has 8 heteroatoms. The third kappa shape index (κ3) is 3.34. The van der Waals surface area contributed by atoms with Crippen molar-refractivity contribution in [1.29, 1.82) is 0 Å². The molecule has 1 saturated heterocycles. The van der Waals surface area contributed by atoms with Gasteiger partial charge >= 0.3 is 0 Å². The van der Waals surface area contributed by atoms with Crippen LogP contribution in [0.15, 0.2) is 23.4 Å². The second kappa shape index (κ2) is 6.99. The van der Waals surface area contributed by atoms with Crippen LogP contribution in [-0.2, 0) is 0 Å². The van der Waals surface area contributed by atoms with Crippen LogP contribution in [-0.4, -0.2) is 64.7 Å². The highest BCUT2D eigenvalue weighted by molar-refractivity contribution is 7.80. The van der Waals surface area contributed by atoms with Crippen LogP contribution in [0.1, 0.15) is 12.1 Å². The van der Waals surface area contributed by atoms with Crippen molar-refractivity contribution >= 4 is 23.0 Å². The van der Waals surface area contributed by atoms with Crippen molar-refractivity contribution in [2.24, 2.45) is 5.10 Å². The van der Waals surface area contributed by atoms with E-state index in [1.165, 1.54) is 0 Å². The van der Waals surface area contributed by atoms with E-state index in [1.54, 1.807) is 6.20 Å². The summed E-state index contributed by atoms with van der Waals surface area (Å²) in [6.07, 6.45) is 2.42. The Labute approximate surface area is 134 Å². The van der Waals surface area contributed by atoms with Crippen molar-refractivity contribution in [3.05, 3.63) is 24.0 Å². The Balaban J connectivity index is 1.65. The van der Waals surface area contributed by atoms with Gasteiger partial charge in [0, 0.05) is 38.3 Å². The largest absolute Gasteiger partial charge is 0.491 e. The number of aliphatic hydroxyl groups is 1. The summed E-state index contributed by atoms with van der Waals surface area (Å²) < 4.78 is 5.56. The zero-order valence-corrected chi connectivity index (χ0v) is 13.0. The smallest absolute Gasteiger partial charge is 0.189 e. The number of ether oxygens (including phenoxy) is 1. The first kappa shape index (κ1) is 15.1. The summed E-state index contributed by atoms with van der Waals surface area (Å²) in [5.74, 6) is 0.753. The van der Waals surface area contributed by atoms with Crippen LogP contribution in [0.4, 0.5) is 0 Å². The highest BCUT2D eigenvalue weighted by Crippen LogP contribution is 2.21. The summed E-state index contributed by atoms with van der Waals surface area (Å²) in [7, 11) is 0. The third-order valence-corrected chi connectivity index (χ3v) is 4.04. The molecule has 0 spiro atoms. The molecule has 0 aromatic carbocycles. The number of rotatable bonds is 2. The summed E-state index contributed by atoms with van der Waals surface area (Å²) in [4.78, 5) is 6.33. The Morgan fingerprint density at radius 3 is 3.41 bits per heavy atom. The molecule has 2 aliphatic rings. The summed E-state index contributed by atoms with van der Waals surface area (Å²) in [6, 6.07) is 3.78. The van der Waals surface area contributed by atoms with Crippen molar-refractivity contribution in [2.45, 2.75) is 12.5 Å². The minimum absolute atomic E-state index is 0.0478. The van der Waals surface area contributed by atoms with E-state index in [2.05, 4.69) is 20.8 Å². The molecule has 3 heterocycles. The maximum atomic E-state index is 9.23. The predicted molar refractivity (Wildman–Crippen MR) is 87.1 cm³/mol. The predicted octanol–water partition coefficient (Wildman–Crippen LogP) is -0.291. The number of fused-ring (bicyclic) bond motifs is 1. The van der Waals surface area contributed by atoms with Gasteiger partial charge in [0.15, 0.2) is 5.11 Å². The Morgan fingerprint density at radius 1 is 1.64 bits per heavy atom. The van der Waals surface area contributed by atoms with Gasteiger partial charge in [-0.2, -0.15) is 5.10 Å². The zero-order valence-electron chi connectivity index (χ0n) is 12.2. The van der Waals surface area contributed by atoms with E-state index in [1.807, 2.05) is 17.0 Å². The number of hydrogen-bond donors (Lipinski definition) is 3. The number of pyridine rings is 1. The van der Waals surface area contributed by atoms with Crippen LogP contribution < -0.4 is 15.5 Å². The summed E-state index contributed by atoms with van der Waals surface area (Å²) in [5.41, 5.74) is 4.56. The molecule has 0 amide bonds. The minimum Gasteiger partial charge on any atom is -0.491 e. The zero-order chi connectivity index (χ0) is 15.4. The molecule has 0 bridgehead atoms. The van der Waals surface area contributed by atoms with Crippen LogP contribution in [0.2, 0.25) is 0 Å². The fourth-order valence-electron chi connectivity index (χ4n) is 2.53. The van der Waals surface area contributed by atoms with Crippen LogP contribution in [0.5, 0.6) is 5.75 Å². The van der Waals surface area contributed by atoms with Gasteiger partial charge in [0.25, 0.3) is 0 Å². The van der Waals surface area contributed by atoms with Crippen molar-refractivity contribution in [3.63, 3.8) is 0 Å². The molecular formula is C14H19N5O2S. The lowest BCUT2D eigenvalue weighted by atomic mass is 10.1. The highest BCUT2D eigenvalue weighted by Gasteiger charge is 2.21. The average Bonchev–Trinajstić information content (AvgIpc) is 2.59. The lowest BCUT2D eigenvalue weighted by molar-refractivity contribution is 0.190. The number of piperazine rings is 1. The van der Waals surface area contributed by atoms with Crippen LogP contribution in [0, 0.1) is 0 Å². The van der Waals surface area contributed by atoms with Gasteiger partial charge in [-0.1, -0.05) is 0 Å². The van der Waals surface area contributed by atoms with Crippen molar-refractivity contribution < 1.29 is 9.84 Å². The monoisotopic (exact) mass is 321 g/mol. The first-order valence-electron chi connectivity index (χ1n) is 7.32. The average molecular weight is 321 g/mol. The number of aromatic nitrogens is 1. The van der Waals surface area contributed by atoms with E-state index < -0.39 is 0 Å². The number of hydrogen-bond acceptors (Lipinski definition) is 6. The number of nitrogens with one attached hydrogen (secondary N) is 2. The topological polar surface area (TPSA) is 82.0 Å². The Kier molecular flexibility index (Phi) is 4.81. The maximum Gasteiger partial charge on any atom is 0.189 e. The van der Waals surface area contributed by atoms with E-state index in [0.29, 0.717) is 24.7 Å². The van der Waals surface area contributed by atoms with Gasteiger partial charge in [0.05, 0.1) is 18.9 Å². The highest BCUT2D eigenvalue weighted by atomic mass is 32.1. The molecule has 1 aromatic heterocycles. The molecule has 1 unspecified atom stereocenters. The fourth-order valence-corrected chi connectivity index (χ4v) is 2.74. The van der Waals surface area contributed by atoms with Gasteiger partial charge in [-0.25, -0.2) is 0 Å². The van der Waals surface area contributed by atoms with Gasteiger partial charge in [0.2, 0.25) is 0 Å². The lowest BCUT2D eigenvalue weighted by Gasteiger charge is -2.34. The number of thiocarbonyl (C=S) groups is 1. The SMILES string of the molecule is OCC1CN(C(=S)N/N=C2/CCOc3cccnc32)CCN1. The fraction of sp³-hybridized carbons (Fsp3) is 0.500. The Morgan fingerprint density at radius 2 is 2.55 bits per heavy atom. The summed E-state index contributed by atoms with van der Waals surface area (Å²) in [5, 5.41) is 17.4. The molecule has 2 aliphatic heterocycles. The van der Waals surface area contributed by atoms with E-state index in [9.17, 15) is 5.11 Å². The van der Waals surface area contributed by atoms with Crippen LogP contribution in [0.25, 0.3) is 0 Å². The van der Waals surface area contributed by atoms with Gasteiger partial charge < -0.3 is 20.1 Å². The van der Waals surface area contributed by atoms with E-state index >= 15 is 0 Å². The number of aliphatic hydroxyl groups excluding tert-OH is 1. The molecule has 118 valence electrons. The molecule has 0 saturated carbocycles. The van der Waals surface area contributed by atoms with E-state index in [0.717, 1.165) is 30.2 Å². The second-order valence-corrected chi connectivity index (χ2v) is 5.59. The van der Waals surface area contributed by atoms with Gasteiger partial charge in [-0.15, -0.1) is 0 Å². The van der Waals surface area contributed by atoms with Crippen molar-refractivity contribution in [1.82, 2.24) is 20.6 Å². The first-order valence-corrected chi connectivity index (χ1v) is 7.72. The van der Waals surface area contributed by atoms with E-state index in [-0.39, 0.29) is 12.6 Å². The van der Waals surface area contributed by atoms with Crippen LogP contribution in [0.3, 0.4) is 0 Å². The molecule has 3 rings (SSSR count). The molecule has 1 atom stereocenters. The van der Waals surface area contributed by atoms with Gasteiger partial charge in [-0.05, 0) is 24.4 Å². The molecular weight excluding hydrogens is 302 g/mol. The Hall–Kier alpha value is -1.77. The van der Waals surface area contributed by atoms with Crippen LogP contribution >= 0.6 is 12.2 Å². The van der Waals surface area contributed by atoms with Crippen molar-refractivity contribution in [3.8, 4) is 5.75 Å². The number of hydrazone groups is 1. The normalized spacial score (nSPS) is 22.9. The van der Waals surface area contributed by atoms with Crippen molar-refractivity contribution in [2.75, 3.05) is 32.8 Å². The lowest BCUT2D eigenvalue weighted by Crippen LogP contribution is -2.55. The molecule has 0 aliphatic carbocycles. The molecule has 7 nitrogen and oxygen atoms in total. The summed E-state index contributed by atoms with van der Waals surface area (Å²) in [6.45, 7) is 2.95. The maximum absolute atomic E-state index is 9.23. The third-order valence-electron chi connectivity index (χ3n) is 3.69. The minimum atomic E-state index is 0.0478. The second-order valence-electron chi connectivity index (χ2n) is 5.20. The van der Waals surface area contributed by atoms with Gasteiger partial charge in [0.1, 0.15) is 11.4 Å². The van der Waals surface area contributed by atoms with Gasteiger partial charge in [-0.3, -0.25) is 10.4 Å². The standard InChI is InChI=1S/C14H19N5O2S/c20-9-10-8-19(6-5-15-10)14(22)18-17-11-3-7-21-12-2-1-4-16-13(11)12/h1-2,4,10,15,20H,3,5-9H2,(H,18,22)/b17-11-. The number of nitrogens with zero attached hydrogens (tertiary/aromatic N) is 3. The van der Waals surface area contributed by atoms with E-state index in [4.69, 9.17) is 17.0 Å². The molecule has 1 fully saturated rings. The Bertz CT molecular complexity index is 580. The molecule has 22 heavy (non-hydrogen) atoms.